The quantitative estimate of drug-likeness (QED) is 0.779. The number of aryl methyl sites for hydroxylation is 1. The summed E-state index contributed by atoms with van der Waals surface area (Å²) in [6.45, 7) is 4.81. The molecular weight excluding hydrogens is 245 g/mol. The third-order valence-electron chi connectivity index (χ3n) is 2.27. The monoisotopic (exact) mass is 257 g/mol. The van der Waals surface area contributed by atoms with Crippen LogP contribution < -0.4 is 0 Å². The Hall–Kier alpha value is -1.21. The summed E-state index contributed by atoms with van der Waals surface area (Å²) < 4.78 is 64.2. The summed E-state index contributed by atoms with van der Waals surface area (Å²) in [4.78, 5) is 0. The standard InChI is InChI=1S/C9H12F5N3/c1-4-17-6(5(2)3)7(15-16-17)8(10,11)9(12,13)14/h5H,4H2,1-3H3. The minimum Gasteiger partial charge on any atom is -0.249 e. The van der Waals surface area contributed by atoms with E-state index in [0.29, 0.717) is 0 Å². The van der Waals surface area contributed by atoms with Crippen molar-refractivity contribution in [3.05, 3.63) is 11.4 Å². The highest BCUT2D eigenvalue weighted by atomic mass is 19.4. The lowest BCUT2D eigenvalue weighted by Gasteiger charge is -2.19. The van der Waals surface area contributed by atoms with Crippen LogP contribution in [0.1, 0.15) is 38.1 Å². The highest BCUT2D eigenvalue weighted by Gasteiger charge is 2.62. The molecule has 0 aliphatic rings. The third kappa shape index (κ3) is 2.25. The van der Waals surface area contributed by atoms with Gasteiger partial charge in [0.25, 0.3) is 0 Å². The van der Waals surface area contributed by atoms with Crippen LogP contribution in [-0.4, -0.2) is 21.2 Å². The summed E-state index contributed by atoms with van der Waals surface area (Å²) in [6.07, 6.45) is -5.66. The summed E-state index contributed by atoms with van der Waals surface area (Å²) in [6, 6.07) is 0. The van der Waals surface area contributed by atoms with Gasteiger partial charge in [-0.15, -0.1) is 5.10 Å². The molecule has 0 aliphatic carbocycles. The van der Waals surface area contributed by atoms with Crippen molar-refractivity contribution in [3.63, 3.8) is 0 Å². The third-order valence-corrected chi connectivity index (χ3v) is 2.27. The van der Waals surface area contributed by atoms with E-state index < -0.39 is 23.7 Å². The van der Waals surface area contributed by atoms with Gasteiger partial charge in [0.05, 0.1) is 5.69 Å². The van der Waals surface area contributed by atoms with Gasteiger partial charge in [-0.25, -0.2) is 4.68 Å². The largest absolute Gasteiger partial charge is 0.459 e. The van der Waals surface area contributed by atoms with Gasteiger partial charge in [-0.2, -0.15) is 22.0 Å². The summed E-state index contributed by atoms with van der Waals surface area (Å²) in [7, 11) is 0. The fraction of sp³-hybridized carbons (Fsp3) is 0.778. The zero-order chi connectivity index (χ0) is 13.4. The van der Waals surface area contributed by atoms with Gasteiger partial charge in [0.1, 0.15) is 0 Å². The molecule has 0 atom stereocenters. The van der Waals surface area contributed by atoms with Crippen molar-refractivity contribution in [2.24, 2.45) is 0 Å². The zero-order valence-corrected chi connectivity index (χ0v) is 9.52. The SMILES string of the molecule is CCn1nnc(C(F)(F)C(F)(F)F)c1C(C)C. The van der Waals surface area contributed by atoms with Crippen LogP contribution in [0.2, 0.25) is 0 Å². The number of hydrogen-bond acceptors (Lipinski definition) is 2. The average molecular weight is 257 g/mol. The van der Waals surface area contributed by atoms with Crippen LogP contribution in [-0.2, 0) is 12.5 Å². The molecule has 0 saturated carbocycles. The van der Waals surface area contributed by atoms with Crippen molar-refractivity contribution in [1.29, 1.82) is 0 Å². The number of halogens is 5. The highest BCUT2D eigenvalue weighted by Crippen LogP contribution is 2.45. The van der Waals surface area contributed by atoms with Crippen LogP contribution in [0.5, 0.6) is 0 Å². The van der Waals surface area contributed by atoms with Crippen molar-refractivity contribution in [1.82, 2.24) is 15.0 Å². The molecule has 17 heavy (non-hydrogen) atoms. The number of hydrogen-bond donors (Lipinski definition) is 0. The predicted molar refractivity (Wildman–Crippen MR) is 49.7 cm³/mol. The van der Waals surface area contributed by atoms with Gasteiger partial charge in [0, 0.05) is 6.54 Å². The first-order valence-electron chi connectivity index (χ1n) is 5.01. The van der Waals surface area contributed by atoms with Crippen molar-refractivity contribution in [3.8, 4) is 0 Å². The van der Waals surface area contributed by atoms with E-state index in [-0.39, 0.29) is 12.2 Å². The fourth-order valence-electron chi connectivity index (χ4n) is 1.48. The van der Waals surface area contributed by atoms with Gasteiger partial charge in [-0.05, 0) is 12.8 Å². The van der Waals surface area contributed by atoms with E-state index in [2.05, 4.69) is 10.3 Å². The Balaban J connectivity index is 3.37. The van der Waals surface area contributed by atoms with E-state index in [0.717, 1.165) is 4.68 Å². The zero-order valence-electron chi connectivity index (χ0n) is 9.52. The molecule has 1 rings (SSSR count). The molecule has 0 amide bonds. The number of aromatic nitrogens is 3. The van der Waals surface area contributed by atoms with Gasteiger partial charge in [0.2, 0.25) is 0 Å². The smallest absolute Gasteiger partial charge is 0.249 e. The van der Waals surface area contributed by atoms with Crippen molar-refractivity contribution < 1.29 is 22.0 Å². The molecule has 0 fully saturated rings. The van der Waals surface area contributed by atoms with E-state index in [1.165, 1.54) is 13.8 Å². The molecule has 0 aromatic carbocycles. The van der Waals surface area contributed by atoms with E-state index in [1.807, 2.05) is 0 Å². The van der Waals surface area contributed by atoms with Gasteiger partial charge < -0.3 is 0 Å². The lowest BCUT2D eigenvalue weighted by molar-refractivity contribution is -0.291. The van der Waals surface area contributed by atoms with Crippen LogP contribution >= 0.6 is 0 Å². The molecule has 0 N–H and O–H groups in total. The molecule has 0 bridgehead atoms. The van der Waals surface area contributed by atoms with Gasteiger partial charge in [0.15, 0.2) is 5.69 Å². The Labute approximate surface area is 94.6 Å². The Bertz CT molecular complexity index is 394. The van der Waals surface area contributed by atoms with E-state index in [9.17, 15) is 22.0 Å². The molecule has 0 radical (unpaired) electrons. The molecular formula is C9H12F5N3. The second-order valence-corrected chi connectivity index (χ2v) is 3.87. The Kier molecular flexibility index (Phi) is 3.45. The Morgan fingerprint density at radius 1 is 1.18 bits per heavy atom. The second kappa shape index (κ2) is 4.23. The summed E-state index contributed by atoms with van der Waals surface area (Å²) >= 11 is 0. The number of nitrogens with zero attached hydrogens (tertiary/aromatic N) is 3. The molecule has 0 unspecified atom stereocenters. The van der Waals surface area contributed by atoms with Gasteiger partial charge in [-0.3, -0.25) is 0 Å². The van der Waals surface area contributed by atoms with Crippen LogP contribution in [0.25, 0.3) is 0 Å². The second-order valence-electron chi connectivity index (χ2n) is 3.87. The van der Waals surface area contributed by atoms with Crippen LogP contribution in [0.4, 0.5) is 22.0 Å². The highest BCUT2D eigenvalue weighted by molar-refractivity contribution is 5.21. The van der Waals surface area contributed by atoms with Gasteiger partial charge in [-0.1, -0.05) is 19.1 Å². The van der Waals surface area contributed by atoms with Crippen LogP contribution in [0, 0.1) is 0 Å². The first-order valence-corrected chi connectivity index (χ1v) is 5.01. The van der Waals surface area contributed by atoms with Crippen LogP contribution in [0.3, 0.4) is 0 Å². The van der Waals surface area contributed by atoms with Crippen molar-refractivity contribution in [2.45, 2.75) is 45.3 Å². The normalized spacial score (nSPS) is 13.5. The molecule has 1 aromatic heterocycles. The first-order chi connectivity index (χ1) is 7.63. The van der Waals surface area contributed by atoms with Gasteiger partial charge >= 0.3 is 12.1 Å². The summed E-state index contributed by atoms with van der Waals surface area (Å²) in [5.74, 6) is -5.49. The Morgan fingerprint density at radius 3 is 2.06 bits per heavy atom. The maximum atomic E-state index is 13.2. The number of rotatable bonds is 3. The maximum absolute atomic E-state index is 13.2. The lowest BCUT2D eigenvalue weighted by atomic mass is 10.0. The summed E-state index contributed by atoms with van der Waals surface area (Å²) in [5, 5.41) is 6.31. The molecule has 0 aliphatic heterocycles. The molecule has 3 nitrogen and oxygen atoms in total. The molecule has 1 aromatic rings. The van der Waals surface area contributed by atoms with Crippen molar-refractivity contribution >= 4 is 0 Å². The lowest BCUT2D eigenvalue weighted by Crippen LogP contribution is -2.35. The maximum Gasteiger partial charge on any atom is 0.459 e. The first kappa shape index (κ1) is 13.9. The molecule has 8 heteroatoms. The molecule has 0 saturated heterocycles. The van der Waals surface area contributed by atoms with Crippen molar-refractivity contribution in [2.75, 3.05) is 0 Å². The van der Waals surface area contributed by atoms with E-state index >= 15 is 0 Å². The minimum absolute atomic E-state index is 0.185. The predicted octanol–water partition coefficient (Wildman–Crippen LogP) is 3.08. The minimum atomic E-state index is -5.66. The van der Waals surface area contributed by atoms with Crippen LogP contribution in [0.15, 0.2) is 0 Å². The average Bonchev–Trinajstić information content (AvgIpc) is 2.59. The summed E-state index contributed by atoms with van der Waals surface area (Å²) in [5.41, 5.74) is -1.49. The molecule has 98 valence electrons. The topological polar surface area (TPSA) is 30.7 Å². The van der Waals surface area contributed by atoms with E-state index in [1.54, 1.807) is 6.92 Å². The fourth-order valence-corrected chi connectivity index (χ4v) is 1.48. The Morgan fingerprint density at radius 2 is 1.71 bits per heavy atom. The molecule has 1 heterocycles. The number of alkyl halides is 5. The van der Waals surface area contributed by atoms with E-state index in [4.69, 9.17) is 0 Å². The molecule has 0 spiro atoms.